The first-order chi connectivity index (χ1) is 10.0. The van der Waals surface area contributed by atoms with Gasteiger partial charge in [-0.15, -0.1) is 0 Å². The molecule has 6 nitrogen and oxygen atoms in total. The van der Waals surface area contributed by atoms with Crippen LogP contribution >= 0.6 is 15.9 Å². The molecule has 0 atom stereocenters. The lowest BCUT2D eigenvalue weighted by Gasteiger charge is -2.11. The number of nitrogen functional groups attached to an aromatic ring is 1. The maximum Gasteiger partial charge on any atom is 0.294 e. The number of benzene rings is 2. The van der Waals surface area contributed by atoms with Crippen LogP contribution in [0.5, 0.6) is 5.75 Å². The van der Waals surface area contributed by atoms with Crippen LogP contribution < -0.4 is 16.0 Å². The minimum Gasteiger partial charge on any atom is -0.489 e. The first-order valence-electron chi connectivity index (χ1n) is 5.83. The zero-order valence-corrected chi connectivity index (χ0v) is 12.3. The molecule has 21 heavy (non-hydrogen) atoms. The number of nitro benzene ring substituents is 1. The predicted molar refractivity (Wildman–Crippen MR) is 79.3 cm³/mol. The first kappa shape index (κ1) is 15.2. The normalized spacial score (nSPS) is 10.2. The van der Waals surface area contributed by atoms with Crippen LogP contribution in [0.25, 0.3) is 0 Å². The van der Waals surface area contributed by atoms with E-state index < -0.39 is 10.7 Å². The van der Waals surface area contributed by atoms with E-state index in [0.717, 1.165) is 0 Å². The second-order valence-electron chi connectivity index (χ2n) is 4.08. The molecule has 3 N–H and O–H groups in total. The molecule has 0 heterocycles. The molecule has 0 aliphatic carbocycles. The van der Waals surface area contributed by atoms with Crippen molar-refractivity contribution in [3.05, 3.63) is 62.4 Å². The van der Waals surface area contributed by atoms with Gasteiger partial charge in [0, 0.05) is 17.7 Å². The number of anilines is 1. The highest BCUT2D eigenvalue weighted by molar-refractivity contribution is 9.10. The van der Waals surface area contributed by atoms with Crippen molar-refractivity contribution in [2.24, 2.45) is 5.84 Å². The molecule has 0 aromatic heterocycles. The van der Waals surface area contributed by atoms with Crippen molar-refractivity contribution in [2.75, 3.05) is 5.43 Å². The lowest BCUT2D eigenvalue weighted by molar-refractivity contribution is -0.384. The lowest BCUT2D eigenvalue weighted by Crippen LogP contribution is -2.12. The van der Waals surface area contributed by atoms with Gasteiger partial charge in [-0.05, 0) is 28.1 Å². The molecule has 0 unspecified atom stereocenters. The number of hydrazine groups is 1. The summed E-state index contributed by atoms with van der Waals surface area (Å²) in [5.74, 6) is 5.18. The Balaban J connectivity index is 2.21. The van der Waals surface area contributed by atoms with Crippen LogP contribution in [-0.4, -0.2) is 4.92 Å². The number of nitrogens with zero attached hydrogens (tertiary/aromatic N) is 1. The quantitative estimate of drug-likeness (QED) is 0.487. The van der Waals surface area contributed by atoms with Crippen molar-refractivity contribution in [3.63, 3.8) is 0 Å². The standard InChI is InChI=1S/C13H11BrFN3O3/c14-10-5-4-9(6-11(10)15)21-7-8-2-1-3-12(18(19)20)13(8)17-16/h1-6,17H,7,16H2. The molecule has 0 spiro atoms. The van der Waals surface area contributed by atoms with Crippen LogP contribution in [0.4, 0.5) is 15.8 Å². The molecule has 0 amide bonds. The highest BCUT2D eigenvalue weighted by atomic mass is 79.9. The molecule has 0 fully saturated rings. The van der Waals surface area contributed by atoms with Crippen molar-refractivity contribution in [1.82, 2.24) is 0 Å². The predicted octanol–water partition coefficient (Wildman–Crippen LogP) is 3.36. The number of hydrogen-bond acceptors (Lipinski definition) is 5. The monoisotopic (exact) mass is 355 g/mol. The molecular formula is C13H11BrFN3O3. The van der Waals surface area contributed by atoms with E-state index in [1.165, 1.54) is 24.3 Å². The summed E-state index contributed by atoms with van der Waals surface area (Å²) in [6.45, 7) is 0.0162. The molecule has 0 aliphatic heterocycles. The maximum atomic E-state index is 13.4. The summed E-state index contributed by atoms with van der Waals surface area (Å²) in [6.07, 6.45) is 0. The van der Waals surface area contributed by atoms with Gasteiger partial charge in [0.05, 0.1) is 9.40 Å². The number of nitrogens with one attached hydrogen (secondary N) is 1. The number of nitro groups is 1. The van der Waals surface area contributed by atoms with Crippen LogP contribution in [0.15, 0.2) is 40.9 Å². The van der Waals surface area contributed by atoms with Crippen LogP contribution in [0.2, 0.25) is 0 Å². The van der Waals surface area contributed by atoms with Crippen molar-refractivity contribution in [2.45, 2.75) is 6.61 Å². The zero-order valence-electron chi connectivity index (χ0n) is 10.7. The Labute approximate surface area is 128 Å². The topological polar surface area (TPSA) is 90.4 Å². The third kappa shape index (κ3) is 3.47. The van der Waals surface area contributed by atoms with Gasteiger partial charge in [0.2, 0.25) is 0 Å². The number of para-hydroxylation sites is 1. The number of nitrogens with two attached hydrogens (primary N) is 1. The molecule has 8 heteroatoms. The van der Waals surface area contributed by atoms with E-state index in [-0.39, 0.29) is 18.0 Å². The first-order valence-corrected chi connectivity index (χ1v) is 6.63. The van der Waals surface area contributed by atoms with Gasteiger partial charge < -0.3 is 10.2 Å². The Morgan fingerprint density at radius 1 is 1.38 bits per heavy atom. The van der Waals surface area contributed by atoms with Crippen molar-refractivity contribution < 1.29 is 14.1 Å². The lowest BCUT2D eigenvalue weighted by atomic mass is 10.1. The van der Waals surface area contributed by atoms with E-state index in [9.17, 15) is 14.5 Å². The summed E-state index contributed by atoms with van der Waals surface area (Å²) in [7, 11) is 0. The third-order valence-corrected chi connectivity index (χ3v) is 3.40. The number of ether oxygens (including phenoxy) is 1. The Hall–Kier alpha value is -2.19. The molecule has 0 bridgehead atoms. The second-order valence-corrected chi connectivity index (χ2v) is 4.93. The average molecular weight is 356 g/mol. The Bertz CT molecular complexity index is 682. The molecule has 2 rings (SSSR count). The average Bonchev–Trinajstić information content (AvgIpc) is 2.47. The largest absolute Gasteiger partial charge is 0.489 e. The van der Waals surface area contributed by atoms with E-state index in [2.05, 4.69) is 21.4 Å². The number of rotatable bonds is 5. The maximum absolute atomic E-state index is 13.4. The fourth-order valence-electron chi connectivity index (χ4n) is 1.75. The molecule has 0 radical (unpaired) electrons. The molecular weight excluding hydrogens is 345 g/mol. The van der Waals surface area contributed by atoms with Crippen molar-refractivity contribution >= 4 is 27.3 Å². The van der Waals surface area contributed by atoms with Gasteiger partial charge >= 0.3 is 0 Å². The highest BCUT2D eigenvalue weighted by Gasteiger charge is 2.16. The summed E-state index contributed by atoms with van der Waals surface area (Å²) < 4.78 is 19.1. The highest BCUT2D eigenvalue weighted by Crippen LogP contribution is 2.29. The van der Waals surface area contributed by atoms with Crippen LogP contribution in [0.3, 0.4) is 0 Å². The fraction of sp³-hybridized carbons (Fsp3) is 0.0769. The smallest absolute Gasteiger partial charge is 0.294 e. The Morgan fingerprint density at radius 2 is 2.14 bits per heavy atom. The molecule has 2 aromatic rings. The summed E-state index contributed by atoms with van der Waals surface area (Å²) >= 11 is 3.04. The minimum absolute atomic E-state index is 0.0162. The Morgan fingerprint density at radius 3 is 2.76 bits per heavy atom. The van der Waals surface area contributed by atoms with Crippen molar-refractivity contribution in [1.29, 1.82) is 0 Å². The third-order valence-electron chi connectivity index (χ3n) is 2.76. The van der Waals surface area contributed by atoms with Gasteiger partial charge in [-0.3, -0.25) is 16.0 Å². The van der Waals surface area contributed by atoms with E-state index in [0.29, 0.717) is 15.8 Å². The van der Waals surface area contributed by atoms with Crippen LogP contribution in [0, 0.1) is 15.9 Å². The second kappa shape index (κ2) is 6.51. The summed E-state index contributed by atoms with van der Waals surface area (Å²) in [5.41, 5.74) is 2.81. The zero-order chi connectivity index (χ0) is 15.4. The molecule has 2 aromatic carbocycles. The van der Waals surface area contributed by atoms with E-state index in [1.807, 2.05) is 0 Å². The van der Waals surface area contributed by atoms with E-state index in [4.69, 9.17) is 10.6 Å². The number of halogens is 2. The summed E-state index contributed by atoms with van der Waals surface area (Å²) in [6, 6.07) is 8.81. The van der Waals surface area contributed by atoms with Gasteiger partial charge in [0.25, 0.3) is 5.69 Å². The van der Waals surface area contributed by atoms with Gasteiger partial charge in [-0.25, -0.2) is 4.39 Å². The van der Waals surface area contributed by atoms with E-state index in [1.54, 1.807) is 12.1 Å². The van der Waals surface area contributed by atoms with Gasteiger partial charge in [-0.2, -0.15) is 0 Å². The van der Waals surface area contributed by atoms with Gasteiger partial charge in [0.15, 0.2) is 0 Å². The van der Waals surface area contributed by atoms with Gasteiger partial charge in [-0.1, -0.05) is 12.1 Å². The minimum atomic E-state index is -0.544. The van der Waals surface area contributed by atoms with Crippen LogP contribution in [-0.2, 0) is 6.61 Å². The van der Waals surface area contributed by atoms with Crippen LogP contribution in [0.1, 0.15) is 5.56 Å². The molecule has 0 saturated heterocycles. The molecule has 0 saturated carbocycles. The fourth-order valence-corrected chi connectivity index (χ4v) is 2.00. The van der Waals surface area contributed by atoms with Gasteiger partial charge in [0.1, 0.15) is 23.9 Å². The van der Waals surface area contributed by atoms with E-state index >= 15 is 0 Å². The molecule has 0 aliphatic rings. The molecule has 110 valence electrons. The van der Waals surface area contributed by atoms with Crippen molar-refractivity contribution in [3.8, 4) is 5.75 Å². The summed E-state index contributed by atoms with van der Waals surface area (Å²) in [5, 5.41) is 10.9. The number of hydrogen-bond donors (Lipinski definition) is 2. The summed E-state index contributed by atoms with van der Waals surface area (Å²) in [4.78, 5) is 10.4. The Kier molecular flexibility index (Phi) is 4.71. The SMILES string of the molecule is NNc1c(COc2ccc(Br)c(F)c2)cccc1[N+](=O)[O-].